The van der Waals surface area contributed by atoms with Crippen molar-refractivity contribution in [1.82, 2.24) is 5.32 Å². The number of carbonyl (C=O) groups is 2. The molecule has 3 N–H and O–H groups in total. The van der Waals surface area contributed by atoms with Crippen molar-refractivity contribution in [1.29, 1.82) is 0 Å². The minimum Gasteiger partial charge on any atom is -0.462 e. The van der Waals surface area contributed by atoms with E-state index in [0.717, 1.165) is 96.3 Å². The van der Waals surface area contributed by atoms with Crippen LogP contribution in [-0.2, 0) is 14.3 Å². The Hall–Kier alpha value is -2.44. The minimum atomic E-state index is -0.796. The highest BCUT2D eigenvalue weighted by molar-refractivity contribution is 5.77. The van der Waals surface area contributed by atoms with Crippen molar-refractivity contribution in [3.05, 3.63) is 60.8 Å². The number of amides is 1. The summed E-state index contributed by atoms with van der Waals surface area (Å²) in [4.78, 5) is 26.2. The molecule has 0 saturated carbocycles. The number of allylic oxidation sites excluding steroid dienone is 10. The van der Waals surface area contributed by atoms with E-state index in [1.54, 1.807) is 0 Å². The molecule has 0 aliphatic carbocycles. The predicted octanol–water partition coefficient (Wildman–Crippen LogP) is 16.0. The van der Waals surface area contributed by atoms with Gasteiger partial charge in [-0.3, -0.25) is 9.59 Å². The maximum absolute atomic E-state index is 13.2. The summed E-state index contributed by atoms with van der Waals surface area (Å²) in [6.07, 6.45) is 61.3. The molecule has 0 rings (SSSR count). The maximum Gasteiger partial charge on any atom is 0.306 e. The maximum atomic E-state index is 13.2. The van der Waals surface area contributed by atoms with Crippen LogP contribution in [0.2, 0.25) is 0 Å². The molecular weight excluding hydrogens is 767 g/mol. The zero-order valence-corrected chi connectivity index (χ0v) is 41.0. The highest BCUT2D eigenvalue weighted by atomic mass is 16.5. The first kappa shape index (κ1) is 59.6. The Labute approximate surface area is 384 Å². The third-order valence-electron chi connectivity index (χ3n) is 11.8. The lowest BCUT2D eigenvalue weighted by Gasteiger charge is -2.24. The third-order valence-corrected chi connectivity index (χ3v) is 11.8. The SMILES string of the molecule is CCCCC/C=C\C/C=C\C/C=C\CCCCCCCCC(=O)OC(CCCCCC/C=C/C=C/CCCCC)CC(=O)NC(CO)C(O)CCCCCCCCCCCCC. The molecule has 0 radical (unpaired) electrons. The quantitative estimate of drug-likeness (QED) is 0.0245. The molecule has 6 heteroatoms. The van der Waals surface area contributed by atoms with Gasteiger partial charge in [-0.15, -0.1) is 0 Å². The molecule has 0 aromatic heterocycles. The number of aliphatic hydroxyl groups excluding tert-OH is 2. The first-order chi connectivity index (χ1) is 30.5. The smallest absolute Gasteiger partial charge is 0.306 e. The first-order valence-corrected chi connectivity index (χ1v) is 26.5. The fraction of sp³-hybridized carbons (Fsp3) is 0.786. The van der Waals surface area contributed by atoms with Crippen LogP contribution >= 0.6 is 0 Å². The summed E-state index contributed by atoms with van der Waals surface area (Å²) >= 11 is 0. The summed E-state index contributed by atoms with van der Waals surface area (Å²) in [6.45, 7) is 6.41. The molecule has 360 valence electrons. The van der Waals surface area contributed by atoms with Crippen LogP contribution in [0.15, 0.2) is 60.8 Å². The van der Waals surface area contributed by atoms with Gasteiger partial charge in [-0.2, -0.15) is 0 Å². The van der Waals surface area contributed by atoms with Crippen LogP contribution in [0.3, 0.4) is 0 Å². The van der Waals surface area contributed by atoms with E-state index in [-0.39, 0.29) is 24.9 Å². The van der Waals surface area contributed by atoms with Crippen molar-refractivity contribution in [3.63, 3.8) is 0 Å². The largest absolute Gasteiger partial charge is 0.462 e. The first-order valence-electron chi connectivity index (χ1n) is 26.5. The minimum absolute atomic E-state index is 0.0575. The van der Waals surface area contributed by atoms with Crippen molar-refractivity contribution in [2.75, 3.05) is 6.61 Å². The van der Waals surface area contributed by atoms with Crippen LogP contribution in [0.4, 0.5) is 0 Å². The van der Waals surface area contributed by atoms with E-state index >= 15 is 0 Å². The molecule has 0 saturated heterocycles. The van der Waals surface area contributed by atoms with Crippen LogP contribution < -0.4 is 5.32 Å². The standard InChI is InChI=1S/C56H101NO5/c1-4-7-10-13-16-19-22-24-25-26-27-28-29-31-34-37-40-43-46-49-56(61)62-52(47-44-41-38-35-33-30-23-20-17-14-11-8-5-2)50-55(60)57-53(51-58)54(59)48-45-42-39-36-32-21-18-15-12-9-6-3/h16-17,19-20,23-25,27-28,30,52-54,58-59H,4-15,18,21-22,26,29,31-51H2,1-3H3,(H,57,60)/b19-16-,20-17+,25-24-,28-27-,30-23+. The lowest BCUT2D eigenvalue weighted by molar-refractivity contribution is -0.151. The predicted molar refractivity (Wildman–Crippen MR) is 268 cm³/mol. The van der Waals surface area contributed by atoms with Gasteiger partial charge < -0.3 is 20.3 Å². The molecule has 0 heterocycles. The normalized spacial score (nSPS) is 13.7. The molecule has 0 aliphatic rings. The van der Waals surface area contributed by atoms with Gasteiger partial charge in [0.25, 0.3) is 0 Å². The Bertz CT molecular complexity index is 1110. The molecule has 0 aliphatic heterocycles. The Morgan fingerprint density at radius 3 is 1.37 bits per heavy atom. The molecule has 0 spiro atoms. The summed E-state index contributed by atoms with van der Waals surface area (Å²) in [6, 6.07) is -0.711. The topological polar surface area (TPSA) is 95.9 Å². The number of unbranched alkanes of at least 4 members (excludes halogenated alkanes) is 26. The van der Waals surface area contributed by atoms with Crippen molar-refractivity contribution < 1.29 is 24.5 Å². The number of aliphatic hydroxyl groups is 2. The Morgan fingerprint density at radius 1 is 0.484 bits per heavy atom. The zero-order valence-electron chi connectivity index (χ0n) is 41.0. The second-order valence-electron chi connectivity index (χ2n) is 17.9. The summed E-state index contributed by atoms with van der Waals surface area (Å²) in [5.74, 6) is -0.506. The molecule has 0 aromatic rings. The van der Waals surface area contributed by atoms with E-state index < -0.39 is 18.2 Å². The van der Waals surface area contributed by atoms with Crippen LogP contribution in [-0.4, -0.2) is 46.9 Å². The Morgan fingerprint density at radius 2 is 0.871 bits per heavy atom. The number of nitrogens with one attached hydrogen (secondary N) is 1. The monoisotopic (exact) mass is 868 g/mol. The molecule has 1 amide bonds. The van der Waals surface area contributed by atoms with E-state index in [2.05, 4.69) is 86.8 Å². The fourth-order valence-electron chi connectivity index (χ4n) is 7.78. The summed E-state index contributed by atoms with van der Waals surface area (Å²) < 4.78 is 5.93. The Kier molecular flexibility index (Phi) is 47.6. The van der Waals surface area contributed by atoms with E-state index in [4.69, 9.17) is 4.74 Å². The number of esters is 1. The molecule has 6 nitrogen and oxygen atoms in total. The van der Waals surface area contributed by atoms with Gasteiger partial charge in [-0.05, 0) is 89.9 Å². The zero-order chi connectivity index (χ0) is 45.2. The van der Waals surface area contributed by atoms with E-state index in [0.29, 0.717) is 19.3 Å². The van der Waals surface area contributed by atoms with E-state index in [1.165, 1.54) is 116 Å². The van der Waals surface area contributed by atoms with Gasteiger partial charge in [0.05, 0.1) is 25.2 Å². The lowest BCUT2D eigenvalue weighted by atomic mass is 10.0. The van der Waals surface area contributed by atoms with Crippen molar-refractivity contribution in [3.8, 4) is 0 Å². The van der Waals surface area contributed by atoms with Gasteiger partial charge in [0, 0.05) is 6.42 Å². The number of ether oxygens (including phenoxy) is 1. The average molecular weight is 868 g/mol. The summed E-state index contributed by atoms with van der Waals surface area (Å²) in [5, 5.41) is 23.7. The molecule has 3 atom stereocenters. The second kappa shape index (κ2) is 49.6. The van der Waals surface area contributed by atoms with Gasteiger partial charge in [-0.25, -0.2) is 0 Å². The summed E-state index contributed by atoms with van der Waals surface area (Å²) in [5.41, 5.74) is 0. The number of carbonyl (C=O) groups excluding carboxylic acids is 2. The highest BCUT2D eigenvalue weighted by Crippen LogP contribution is 2.17. The van der Waals surface area contributed by atoms with Crippen molar-refractivity contribution >= 4 is 11.9 Å². The molecule has 0 bridgehead atoms. The number of hydrogen-bond acceptors (Lipinski definition) is 5. The number of rotatable bonds is 47. The fourth-order valence-corrected chi connectivity index (χ4v) is 7.78. The molecular formula is C56H101NO5. The third kappa shape index (κ3) is 44.2. The van der Waals surface area contributed by atoms with Gasteiger partial charge in [-0.1, -0.05) is 216 Å². The summed E-state index contributed by atoms with van der Waals surface area (Å²) in [7, 11) is 0. The Balaban J connectivity index is 4.59. The average Bonchev–Trinajstić information content (AvgIpc) is 3.26. The van der Waals surface area contributed by atoms with Crippen LogP contribution in [0, 0.1) is 0 Å². The molecule has 0 fully saturated rings. The lowest BCUT2D eigenvalue weighted by Crippen LogP contribution is -2.46. The van der Waals surface area contributed by atoms with Crippen molar-refractivity contribution in [2.45, 2.75) is 277 Å². The second-order valence-corrected chi connectivity index (χ2v) is 17.9. The van der Waals surface area contributed by atoms with E-state index in [1.807, 2.05) is 0 Å². The van der Waals surface area contributed by atoms with Gasteiger partial charge in [0.15, 0.2) is 0 Å². The van der Waals surface area contributed by atoms with Crippen LogP contribution in [0.25, 0.3) is 0 Å². The van der Waals surface area contributed by atoms with Crippen LogP contribution in [0.1, 0.15) is 258 Å². The highest BCUT2D eigenvalue weighted by Gasteiger charge is 2.24. The van der Waals surface area contributed by atoms with Crippen molar-refractivity contribution in [2.24, 2.45) is 0 Å². The van der Waals surface area contributed by atoms with E-state index in [9.17, 15) is 19.8 Å². The molecule has 0 aromatic carbocycles. The van der Waals surface area contributed by atoms with Gasteiger partial charge in [0.1, 0.15) is 6.10 Å². The van der Waals surface area contributed by atoms with Gasteiger partial charge in [0.2, 0.25) is 5.91 Å². The number of hydrogen-bond donors (Lipinski definition) is 3. The van der Waals surface area contributed by atoms with Gasteiger partial charge >= 0.3 is 5.97 Å². The van der Waals surface area contributed by atoms with Crippen LogP contribution in [0.5, 0.6) is 0 Å². The molecule has 3 unspecified atom stereocenters. The molecule has 62 heavy (non-hydrogen) atoms.